The average molecular weight is 458 g/mol. The number of rotatable bonds is 3. The van der Waals surface area contributed by atoms with E-state index < -0.39 is 41.1 Å². The molecule has 1 N–H and O–H groups in total. The van der Waals surface area contributed by atoms with Gasteiger partial charge in [-0.25, -0.2) is 4.39 Å². The molecule has 0 radical (unpaired) electrons. The minimum Gasteiger partial charge on any atom is -0.784 e. The lowest BCUT2D eigenvalue weighted by molar-refractivity contribution is -0.137. The molecule has 5 nitrogen and oxygen atoms in total. The van der Waals surface area contributed by atoms with E-state index in [9.17, 15) is 27.6 Å². The molecule has 2 aromatic carbocycles. The molecule has 1 fully saturated rings. The van der Waals surface area contributed by atoms with Gasteiger partial charge in [0.2, 0.25) is 0 Å². The Balaban J connectivity index is 1.77. The van der Waals surface area contributed by atoms with Crippen LogP contribution in [0.2, 0.25) is 0 Å². The number of fused-ring (bicyclic) bond motifs is 1. The zero-order valence-corrected chi connectivity index (χ0v) is 17.6. The van der Waals surface area contributed by atoms with Crippen LogP contribution in [-0.4, -0.2) is 18.0 Å². The number of nitriles is 1. The van der Waals surface area contributed by atoms with Crippen LogP contribution in [0.15, 0.2) is 48.6 Å². The first kappa shape index (κ1) is 23.0. The van der Waals surface area contributed by atoms with Gasteiger partial charge in [-0.2, -0.15) is 18.4 Å². The van der Waals surface area contributed by atoms with E-state index in [0.29, 0.717) is 18.4 Å². The molecule has 0 bridgehead atoms. The second-order valence-corrected chi connectivity index (χ2v) is 8.25. The number of nitrogens with zero attached hydrogens (tertiary/aromatic N) is 2. The van der Waals surface area contributed by atoms with E-state index >= 15 is 0 Å². The van der Waals surface area contributed by atoms with E-state index in [1.165, 1.54) is 25.2 Å². The summed E-state index contributed by atoms with van der Waals surface area (Å²) in [5, 5.41) is 25.7. The van der Waals surface area contributed by atoms with Crippen LogP contribution in [0.25, 0.3) is 0 Å². The Bertz CT molecular complexity index is 1160. The molecule has 4 unspecified atom stereocenters. The van der Waals surface area contributed by atoms with Crippen molar-refractivity contribution in [2.45, 2.75) is 31.1 Å². The smallest absolute Gasteiger partial charge is 0.417 e. The number of hydrogen-bond acceptors (Lipinski definition) is 4. The molecular formula is C24H20F4N3O2-. The third-order valence-corrected chi connectivity index (χ3v) is 6.51. The minimum atomic E-state index is -4.74. The van der Waals surface area contributed by atoms with Gasteiger partial charge in [-0.15, -0.1) is 0 Å². The Hall–Kier alpha value is -3.22. The summed E-state index contributed by atoms with van der Waals surface area (Å²) in [6.45, 7) is 0. The molecule has 1 aliphatic heterocycles. The molecule has 4 atom stereocenters. The number of alkyl halides is 3. The normalized spacial score (nSPS) is 24.9. The van der Waals surface area contributed by atoms with Gasteiger partial charge in [-0.1, -0.05) is 24.3 Å². The lowest BCUT2D eigenvalue weighted by atomic mass is 9.76. The maximum atomic E-state index is 14.6. The first-order valence-electron chi connectivity index (χ1n) is 10.4. The molecule has 1 heterocycles. The van der Waals surface area contributed by atoms with Crippen molar-refractivity contribution in [3.63, 3.8) is 0 Å². The summed E-state index contributed by atoms with van der Waals surface area (Å²) in [6, 6.07) is 7.20. The topological polar surface area (TPSA) is 79.2 Å². The average Bonchev–Trinajstić information content (AvgIpc) is 3.09. The van der Waals surface area contributed by atoms with Crippen LogP contribution >= 0.6 is 0 Å². The van der Waals surface area contributed by atoms with Gasteiger partial charge in [0.25, 0.3) is 5.91 Å². The van der Waals surface area contributed by atoms with Crippen molar-refractivity contribution < 1.29 is 22.4 Å². The number of nitrogens with one attached hydrogen (secondary N) is 1. The fourth-order valence-electron chi connectivity index (χ4n) is 5.03. The van der Waals surface area contributed by atoms with Gasteiger partial charge in [-0.3, -0.25) is 4.79 Å². The number of hydrogen-bond donors (Lipinski definition) is 1. The van der Waals surface area contributed by atoms with Crippen molar-refractivity contribution in [3.05, 3.63) is 87.4 Å². The summed E-state index contributed by atoms with van der Waals surface area (Å²) >= 11 is 0. The molecule has 2 aliphatic rings. The first-order chi connectivity index (χ1) is 15.7. The van der Waals surface area contributed by atoms with E-state index in [1.807, 2.05) is 12.2 Å². The SMILES string of the molecule is CNC(=O)c1ccc(C2C3CC=CCC3C(c3ccc(C#N)c(C(F)(F)F)c3)N2[O-])cc1F. The highest BCUT2D eigenvalue weighted by Crippen LogP contribution is 2.55. The molecule has 1 amide bonds. The summed E-state index contributed by atoms with van der Waals surface area (Å²) < 4.78 is 55.2. The van der Waals surface area contributed by atoms with E-state index in [2.05, 4.69) is 5.32 Å². The summed E-state index contributed by atoms with van der Waals surface area (Å²) in [5.74, 6) is -1.90. The minimum absolute atomic E-state index is 0.157. The number of carbonyl (C=O) groups is 1. The lowest BCUT2D eigenvalue weighted by Gasteiger charge is -2.38. The molecule has 33 heavy (non-hydrogen) atoms. The predicted octanol–water partition coefficient (Wildman–Crippen LogP) is 5.25. The molecular weight excluding hydrogens is 438 g/mol. The lowest BCUT2D eigenvalue weighted by Crippen LogP contribution is -2.23. The van der Waals surface area contributed by atoms with Crippen LogP contribution in [0.4, 0.5) is 17.6 Å². The van der Waals surface area contributed by atoms with E-state index in [0.717, 1.165) is 23.3 Å². The Kier molecular flexibility index (Phi) is 5.99. The quantitative estimate of drug-likeness (QED) is 0.503. The fourth-order valence-corrected chi connectivity index (χ4v) is 5.03. The number of halogens is 4. The van der Waals surface area contributed by atoms with Gasteiger partial charge >= 0.3 is 6.18 Å². The molecule has 1 aliphatic carbocycles. The van der Waals surface area contributed by atoms with E-state index in [4.69, 9.17) is 5.26 Å². The first-order valence-corrected chi connectivity index (χ1v) is 10.4. The Labute approximate surface area is 187 Å². The van der Waals surface area contributed by atoms with Crippen LogP contribution in [-0.2, 0) is 6.18 Å². The standard InChI is InChI=1S/C24H20F4N3O2/c1-30-23(32)18-9-8-14(11-20(18)25)22-17-5-3-2-4-16(17)21(31(22)33)13-6-7-15(12-29)19(10-13)24(26,27)28/h2-3,6-11,16-17,21-22H,4-5H2,1H3,(H,30,32)/q-1. The Morgan fingerprint density at radius 1 is 1.09 bits per heavy atom. The zero-order valence-electron chi connectivity index (χ0n) is 17.6. The van der Waals surface area contributed by atoms with Gasteiger partial charge in [0.1, 0.15) is 5.82 Å². The van der Waals surface area contributed by atoms with Crippen LogP contribution in [0.3, 0.4) is 0 Å². The number of amides is 1. The molecule has 0 spiro atoms. The molecule has 2 aromatic rings. The zero-order chi connectivity index (χ0) is 23.9. The van der Waals surface area contributed by atoms with Crippen LogP contribution < -0.4 is 5.32 Å². The maximum absolute atomic E-state index is 14.6. The predicted molar refractivity (Wildman–Crippen MR) is 112 cm³/mol. The summed E-state index contributed by atoms with van der Waals surface area (Å²) in [5.41, 5.74) is -1.21. The maximum Gasteiger partial charge on any atom is 0.417 e. The number of benzene rings is 2. The van der Waals surface area contributed by atoms with Crippen molar-refractivity contribution in [3.8, 4) is 6.07 Å². The molecule has 4 rings (SSSR count). The molecule has 0 aromatic heterocycles. The van der Waals surface area contributed by atoms with E-state index in [1.54, 1.807) is 6.07 Å². The van der Waals surface area contributed by atoms with Gasteiger partial charge in [0, 0.05) is 19.1 Å². The van der Waals surface area contributed by atoms with Gasteiger partial charge in [0.15, 0.2) is 0 Å². The van der Waals surface area contributed by atoms with Crippen molar-refractivity contribution >= 4 is 5.91 Å². The second kappa shape index (κ2) is 8.61. The summed E-state index contributed by atoms with van der Waals surface area (Å²) in [4.78, 5) is 11.8. The Morgan fingerprint density at radius 2 is 1.67 bits per heavy atom. The van der Waals surface area contributed by atoms with Gasteiger partial charge < -0.3 is 15.6 Å². The highest BCUT2D eigenvalue weighted by atomic mass is 19.4. The second-order valence-electron chi connectivity index (χ2n) is 8.25. The number of allylic oxidation sites excluding steroid dienone is 2. The molecule has 172 valence electrons. The van der Waals surface area contributed by atoms with Gasteiger partial charge in [0.05, 0.1) is 22.8 Å². The third kappa shape index (κ3) is 4.01. The molecule has 9 heteroatoms. The van der Waals surface area contributed by atoms with Crippen LogP contribution in [0, 0.1) is 34.2 Å². The van der Waals surface area contributed by atoms with Gasteiger partial charge in [-0.05, 0) is 60.1 Å². The van der Waals surface area contributed by atoms with E-state index in [-0.39, 0.29) is 23.0 Å². The highest BCUT2D eigenvalue weighted by molar-refractivity contribution is 5.94. The van der Waals surface area contributed by atoms with Crippen molar-refractivity contribution in [2.24, 2.45) is 11.8 Å². The Morgan fingerprint density at radius 3 is 2.18 bits per heavy atom. The van der Waals surface area contributed by atoms with Crippen molar-refractivity contribution in [1.29, 1.82) is 5.26 Å². The molecule has 1 saturated heterocycles. The third-order valence-electron chi connectivity index (χ3n) is 6.51. The highest BCUT2D eigenvalue weighted by Gasteiger charge is 2.46. The molecule has 0 saturated carbocycles. The van der Waals surface area contributed by atoms with Crippen molar-refractivity contribution in [2.75, 3.05) is 7.05 Å². The fraction of sp³-hybridized carbons (Fsp3) is 0.333. The largest absolute Gasteiger partial charge is 0.784 e. The summed E-state index contributed by atoms with van der Waals surface area (Å²) in [6.07, 6.45) is 0.0849. The van der Waals surface area contributed by atoms with Crippen LogP contribution in [0.5, 0.6) is 0 Å². The van der Waals surface area contributed by atoms with Crippen LogP contribution in [0.1, 0.15) is 57.5 Å². The monoisotopic (exact) mass is 458 g/mol. The number of carbonyl (C=O) groups excluding carboxylic acids is 1. The van der Waals surface area contributed by atoms with Crippen molar-refractivity contribution in [1.82, 2.24) is 10.4 Å². The summed E-state index contributed by atoms with van der Waals surface area (Å²) in [7, 11) is 1.38. The number of hydroxylamine groups is 2.